The van der Waals surface area contributed by atoms with E-state index in [1.165, 1.54) is 10.6 Å². The minimum Gasteiger partial charge on any atom is -0.328 e. The van der Waals surface area contributed by atoms with Crippen molar-refractivity contribution in [1.29, 1.82) is 0 Å². The van der Waals surface area contributed by atoms with Gasteiger partial charge in [0, 0.05) is 12.8 Å². The molecule has 0 radical (unpaired) electrons. The summed E-state index contributed by atoms with van der Waals surface area (Å²) in [6.45, 7) is 1.23. The molecule has 0 aliphatic rings. The number of nitrogens with zero attached hydrogens (tertiary/aromatic N) is 3. The average molecular weight is 389 g/mol. The zero-order valence-corrected chi connectivity index (χ0v) is 14.8. The summed E-state index contributed by atoms with van der Waals surface area (Å²) in [5.74, 6) is -1.12. The number of benzene rings is 1. The molecule has 0 atom stereocenters. The summed E-state index contributed by atoms with van der Waals surface area (Å²) in [7, 11) is -3.45. The fourth-order valence-corrected chi connectivity index (χ4v) is 3.20. The molecular weight excluding hydrogens is 371 g/mol. The average Bonchev–Trinajstić information content (AvgIpc) is 2.81. The third kappa shape index (κ3) is 5.32. The lowest BCUT2D eigenvalue weighted by atomic mass is 10.3. The van der Waals surface area contributed by atoms with Gasteiger partial charge in [-0.05, 0) is 12.1 Å². The molecule has 0 fully saturated rings. The molecule has 6 nitrogen and oxygen atoms in total. The van der Waals surface area contributed by atoms with E-state index in [1.807, 2.05) is 0 Å². The van der Waals surface area contributed by atoms with Crippen LogP contribution in [0.4, 0.5) is 13.2 Å². The van der Waals surface area contributed by atoms with Crippen LogP contribution in [-0.2, 0) is 26.9 Å². The van der Waals surface area contributed by atoms with Crippen LogP contribution >= 0.6 is 0 Å². The zero-order chi connectivity index (χ0) is 19.5. The smallest absolute Gasteiger partial charge is 0.328 e. The summed E-state index contributed by atoms with van der Waals surface area (Å²) in [4.78, 5) is 17.2. The Labute approximate surface area is 148 Å². The van der Waals surface area contributed by atoms with Crippen molar-refractivity contribution in [3.05, 3.63) is 42.7 Å². The van der Waals surface area contributed by atoms with Crippen LogP contribution in [0.15, 0.2) is 36.9 Å². The van der Waals surface area contributed by atoms with Crippen molar-refractivity contribution >= 4 is 26.8 Å². The van der Waals surface area contributed by atoms with Gasteiger partial charge in [0.25, 0.3) is 0 Å². The second kappa shape index (κ2) is 7.48. The highest BCUT2D eigenvalue weighted by molar-refractivity contribution is 7.89. The van der Waals surface area contributed by atoms with Gasteiger partial charge in [-0.15, -0.1) is 6.58 Å². The van der Waals surface area contributed by atoms with Crippen LogP contribution in [0.25, 0.3) is 11.0 Å². The first kappa shape index (κ1) is 20.0. The first-order valence-electron chi connectivity index (χ1n) is 7.57. The van der Waals surface area contributed by atoms with E-state index in [-0.39, 0.29) is 12.4 Å². The number of rotatable bonds is 7. The van der Waals surface area contributed by atoms with E-state index in [9.17, 15) is 26.4 Å². The maximum Gasteiger partial charge on any atom is 0.406 e. The summed E-state index contributed by atoms with van der Waals surface area (Å²) >= 11 is 0. The molecule has 2 rings (SSSR count). The molecule has 0 aliphatic heterocycles. The van der Waals surface area contributed by atoms with E-state index in [4.69, 9.17) is 0 Å². The van der Waals surface area contributed by atoms with Crippen molar-refractivity contribution in [1.82, 2.24) is 14.5 Å². The molecule has 0 unspecified atom stereocenters. The quantitative estimate of drug-likeness (QED) is 0.681. The van der Waals surface area contributed by atoms with E-state index < -0.39 is 40.8 Å². The molecule has 2 aromatic rings. The van der Waals surface area contributed by atoms with Crippen LogP contribution in [0.1, 0.15) is 5.82 Å². The van der Waals surface area contributed by atoms with Crippen LogP contribution in [0.2, 0.25) is 0 Å². The van der Waals surface area contributed by atoms with Gasteiger partial charge in [0.15, 0.2) is 9.84 Å². The van der Waals surface area contributed by atoms with Crippen molar-refractivity contribution in [2.45, 2.75) is 18.5 Å². The van der Waals surface area contributed by atoms with Gasteiger partial charge in [-0.3, -0.25) is 4.79 Å². The molecule has 0 aliphatic carbocycles. The van der Waals surface area contributed by atoms with E-state index >= 15 is 0 Å². The largest absolute Gasteiger partial charge is 0.406 e. The lowest BCUT2D eigenvalue weighted by Crippen LogP contribution is -2.41. The Bertz CT molecular complexity index is 920. The van der Waals surface area contributed by atoms with Gasteiger partial charge >= 0.3 is 6.18 Å². The Balaban J connectivity index is 2.39. The van der Waals surface area contributed by atoms with Gasteiger partial charge in [-0.25, -0.2) is 13.4 Å². The second-order valence-corrected chi connectivity index (χ2v) is 7.99. The summed E-state index contributed by atoms with van der Waals surface area (Å²) in [5.41, 5.74) is 0.940. The number of imidazole rings is 1. The van der Waals surface area contributed by atoms with E-state index in [0.29, 0.717) is 15.9 Å². The number of para-hydroxylation sites is 2. The molecule has 1 aromatic heterocycles. The van der Waals surface area contributed by atoms with Crippen molar-refractivity contribution < 1.29 is 26.4 Å². The molecule has 142 valence electrons. The monoisotopic (exact) mass is 389 g/mol. The number of fused-ring (bicyclic) bond motifs is 1. The van der Waals surface area contributed by atoms with Gasteiger partial charge in [0.05, 0.1) is 11.0 Å². The molecule has 1 aromatic carbocycles. The maximum absolute atomic E-state index is 12.7. The minimum absolute atomic E-state index is 0.104. The maximum atomic E-state index is 12.7. The van der Waals surface area contributed by atoms with Crippen LogP contribution in [0, 0.1) is 0 Å². The standard InChI is InChI=1S/C16H18F3N3O3S/c1-3-8-21(11-16(17,18)19)15(23)9-22-13-7-5-4-6-12(13)20-14(22)10-26(2,24)25/h3-7H,1,8-11H2,2H3. The highest BCUT2D eigenvalue weighted by Crippen LogP contribution is 2.20. The number of carbonyl (C=O) groups excluding carboxylic acids is 1. The lowest BCUT2D eigenvalue weighted by Gasteiger charge is -2.23. The Kier molecular flexibility index (Phi) is 5.74. The third-order valence-electron chi connectivity index (χ3n) is 3.49. The second-order valence-electron chi connectivity index (χ2n) is 5.85. The van der Waals surface area contributed by atoms with Gasteiger partial charge in [0.2, 0.25) is 5.91 Å². The van der Waals surface area contributed by atoms with Gasteiger partial charge in [0.1, 0.15) is 24.7 Å². The predicted molar refractivity (Wildman–Crippen MR) is 91.1 cm³/mol. The van der Waals surface area contributed by atoms with Crippen molar-refractivity contribution in [2.75, 3.05) is 19.3 Å². The van der Waals surface area contributed by atoms with E-state index in [0.717, 1.165) is 6.26 Å². The van der Waals surface area contributed by atoms with E-state index in [2.05, 4.69) is 11.6 Å². The van der Waals surface area contributed by atoms with Crippen LogP contribution in [-0.4, -0.2) is 54.3 Å². The molecule has 0 saturated heterocycles. The van der Waals surface area contributed by atoms with Crippen molar-refractivity contribution in [3.63, 3.8) is 0 Å². The van der Waals surface area contributed by atoms with Crippen LogP contribution in [0.3, 0.4) is 0 Å². The number of halogens is 3. The van der Waals surface area contributed by atoms with Gasteiger partial charge in [-0.1, -0.05) is 18.2 Å². The third-order valence-corrected chi connectivity index (χ3v) is 4.27. The fourth-order valence-electron chi connectivity index (χ4n) is 2.51. The molecule has 1 amide bonds. The SMILES string of the molecule is C=CCN(CC(F)(F)F)C(=O)Cn1c(CS(C)(=O)=O)nc2ccccc21. The molecule has 10 heteroatoms. The number of sulfone groups is 1. The van der Waals surface area contributed by atoms with Crippen LogP contribution in [0.5, 0.6) is 0 Å². The van der Waals surface area contributed by atoms with Crippen molar-refractivity contribution in [3.8, 4) is 0 Å². The number of amides is 1. The molecular formula is C16H18F3N3O3S. The Morgan fingerprint density at radius 2 is 2.00 bits per heavy atom. The number of alkyl halides is 3. The Morgan fingerprint density at radius 3 is 2.58 bits per heavy atom. The summed E-state index contributed by atoms with van der Waals surface area (Å²) in [6, 6.07) is 6.63. The topological polar surface area (TPSA) is 72.3 Å². The van der Waals surface area contributed by atoms with E-state index in [1.54, 1.807) is 24.3 Å². The fraction of sp³-hybridized carbons (Fsp3) is 0.375. The highest BCUT2D eigenvalue weighted by Gasteiger charge is 2.33. The molecule has 0 spiro atoms. The normalized spacial score (nSPS) is 12.3. The molecule has 0 saturated carbocycles. The number of hydrogen-bond acceptors (Lipinski definition) is 4. The number of aromatic nitrogens is 2. The Hall–Kier alpha value is -2.36. The summed E-state index contributed by atoms with van der Waals surface area (Å²) < 4.78 is 62.7. The first-order valence-corrected chi connectivity index (χ1v) is 9.63. The summed E-state index contributed by atoms with van der Waals surface area (Å²) in [6.07, 6.45) is -2.33. The van der Waals surface area contributed by atoms with Crippen molar-refractivity contribution in [2.24, 2.45) is 0 Å². The molecule has 0 bridgehead atoms. The van der Waals surface area contributed by atoms with Gasteiger partial charge < -0.3 is 9.47 Å². The number of carbonyl (C=O) groups is 1. The molecule has 0 N–H and O–H groups in total. The zero-order valence-electron chi connectivity index (χ0n) is 14.0. The lowest BCUT2D eigenvalue weighted by molar-refractivity contribution is -0.160. The first-order chi connectivity index (χ1) is 12.0. The summed E-state index contributed by atoms with van der Waals surface area (Å²) in [5, 5.41) is 0. The van der Waals surface area contributed by atoms with Crippen LogP contribution < -0.4 is 0 Å². The molecule has 26 heavy (non-hydrogen) atoms. The predicted octanol–water partition coefficient (Wildman–Crippen LogP) is 2.16. The van der Waals surface area contributed by atoms with Gasteiger partial charge in [-0.2, -0.15) is 13.2 Å². The number of hydrogen-bond donors (Lipinski definition) is 0. The Morgan fingerprint density at radius 1 is 1.35 bits per heavy atom. The highest BCUT2D eigenvalue weighted by atomic mass is 32.2. The molecule has 1 heterocycles. The minimum atomic E-state index is -4.55.